The van der Waals surface area contributed by atoms with E-state index in [0.717, 1.165) is 59.6 Å². The van der Waals surface area contributed by atoms with E-state index in [0.29, 0.717) is 44.5 Å². The lowest BCUT2D eigenvalue weighted by atomic mass is 10.1. The number of carbonyl (C=O) groups excluding carboxylic acids is 1. The Morgan fingerprint density at radius 3 is 2.16 bits per heavy atom. The van der Waals surface area contributed by atoms with Gasteiger partial charge in [0, 0.05) is 57.3 Å². The topological polar surface area (TPSA) is 77.0 Å². The SMILES string of the molecule is Cc1cc(/C=C/C(=O)N2CCN(Cc3ccc(CCOCc4ccc(F)cc4)cc3)CC2)cc(C)c1Oc1ccc(OCc2ccncc2)cn1. The number of rotatable bonds is 14. The predicted octanol–water partition coefficient (Wildman–Crippen LogP) is 7.72. The minimum absolute atomic E-state index is 0.0201. The first kappa shape index (κ1) is 35.4. The highest BCUT2D eigenvalue weighted by molar-refractivity contribution is 5.92. The van der Waals surface area contributed by atoms with Gasteiger partial charge in [0.2, 0.25) is 11.8 Å². The zero-order valence-corrected chi connectivity index (χ0v) is 29.1. The van der Waals surface area contributed by atoms with Crippen LogP contribution in [-0.2, 0) is 35.7 Å². The Balaban J connectivity index is 0.918. The molecule has 0 N–H and O–H groups in total. The number of aromatic nitrogens is 2. The van der Waals surface area contributed by atoms with E-state index in [1.807, 2.05) is 55.2 Å². The predicted molar refractivity (Wildman–Crippen MR) is 196 cm³/mol. The third-order valence-electron chi connectivity index (χ3n) is 8.80. The lowest BCUT2D eigenvalue weighted by molar-refractivity contribution is -0.127. The van der Waals surface area contributed by atoms with E-state index in [-0.39, 0.29) is 11.7 Å². The zero-order chi connectivity index (χ0) is 35.4. The normalized spacial score (nSPS) is 13.4. The molecule has 51 heavy (non-hydrogen) atoms. The van der Waals surface area contributed by atoms with Gasteiger partial charge in [-0.25, -0.2) is 9.37 Å². The van der Waals surface area contributed by atoms with Crippen LogP contribution in [0.15, 0.2) is 110 Å². The Kier molecular flexibility index (Phi) is 12.2. The summed E-state index contributed by atoms with van der Waals surface area (Å²) in [5.41, 5.74) is 7.33. The molecule has 0 bridgehead atoms. The number of amides is 1. The Labute approximate surface area is 299 Å². The van der Waals surface area contributed by atoms with Crippen molar-refractivity contribution >= 4 is 12.0 Å². The molecule has 1 aliphatic rings. The molecule has 6 rings (SSSR count). The first-order chi connectivity index (χ1) is 24.9. The third kappa shape index (κ3) is 10.6. The summed E-state index contributed by atoms with van der Waals surface area (Å²) in [6.07, 6.45) is 9.50. The standard InChI is InChI=1S/C42H43FN4O4/c1-31-25-37(26-32(2)42(31)51-40-13-12-39(27-45-40)50-30-36-15-18-44-19-16-36)9-14-41(48)47-22-20-46(21-23-47)28-34-5-3-33(4-6-34)17-24-49-29-35-7-10-38(43)11-8-35/h3-16,18-19,25-27H,17,20-24,28-30H2,1-2H3/b14-9+. The fraction of sp³-hybridized carbons (Fsp3) is 0.262. The summed E-state index contributed by atoms with van der Waals surface area (Å²) in [5, 5.41) is 0. The van der Waals surface area contributed by atoms with Crippen LogP contribution >= 0.6 is 0 Å². The fourth-order valence-corrected chi connectivity index (χ4v) is 5.93. The maximum Gasteiger partial charge on any atom is 0.246 e. The number of ether oxygens (including phenoxy) is 3. The van der Waals surface area contributed by atoms with Crippen LogP contribution in [0, 0.1) is 19.7 Å². The van der Waals surface area contributed by atoms with Crippen molar-refractivity contribution in [3.63, 3.8) is 0 Å². The molecular weight excluding hydrogens is 643 g/mol. The molecule has 1 amide bonds. The number of piperazine rings is 1. The average molecular weight is 687 g/mol. The van der Waals surface area contributed by atoms with Crippen LogP contribution in [-0.4, -0.2) is 58.5 Å². The van der Waals surface area contributed by atoms with E-state index in [4.69, 9.17) is 14.2 Å². The molecule has 0 saturated carbocycles. The van der Waals surface area contributed by atoms with Gasteiger partial charge in [-0.1, -0.05) is 36.4 Å². The van der Waals surface area contributed by atoms with Crippen molar-refractivity contribution < 1.29 is 23.4 Å². The van der Waals surface area contributed by atoms with E-state index >= 15 is 0 Å². The number of hydrogen-bond acceptors (Lipinski definition) is 7. The fourth-order valence-electron chi connectivity index (χ4n) is 5.93. The molecule has 2 aromatic heterocycles. The van der Waals surface area contributed by atoms with Crippen molar-refractivity contribution in [1.82, 2.24) is 19.8 Å². The maximum atomic E-state index is 13.1. The Bertz CT molecular complexity index is 1870. The maximum absolute atomic E-state index is 13.1. The quantitative estimate of drug-likeness (QED) is 0.0875. The highest BCUT2D eigenvalue weighted by Gasteiger charge is 2.20. The van der Waals surface area contributed by atoms with Gasteiger partial charge >= 0.3 is 0 Å². The van der Waals surface area contributed by atoms with E-state index in [9.17, 15) is 9.18 Å². The van der Waals surface area contributed by atoms with Gasteiger partial charge in [0.25, 0.3) is 0 Å². The third-order valence-corrected chi connectivity index (χ3v) is 8.80. The summed E-state index contributed by atoms with van der Waals surface area (Å²) in [6, 6.07) is 26.5. The molecule has 1 aliphatic heterocycles. The van der Waals surface area contributed by atoms with E-state index in [1.54, 1.807) is 42.9 Å². The average Bonchev–Trinajstić information content (AvgIpc) is 3.15. The van der Waals surface area contributed by atoms with Gasteiger partial charge in [0.05, 0.1) is 19.4 Å². The summed E-state index contributed by atoms with van der Waals surface area (Å²) in [5.74, 6) is 1.67. The van der Waals surface area contributed by atoms with Crippen molar-refractivity contribution in [3.8, 4) is 17.4 Å². The van der Waals surface area contributed by atoms with Gasteiger partial charge in [0.1, 0.15) is 23.9 Å². The first-order valence-corrected chi connectivity index (χ1v) is 17.2. The monoisotopic (exact) mass is 686 g/mol. The minimum Gasteiger partial charge on any atom is -0.487 e. The molecule has 262 valence electrons. The summed E-state index contributed by atoms with van der Waals surface area (Å²) in [4.78, 5) is 25.8. The van der Waals surface area contributed by atoms with Crippen LogP contribution < -0.4 is 9.47 Å². The van der Waals surface area contributed by atoms with Crippen LogP contribution in [0.3, 0.4) is 0 Å². The Hall–Kier alpha value is -5.38. The van der Waals surface area contributed by atoms with Crippen LogP contribution in [0.25, 0.3) is 6.08 Å². The molecule has 0 radical (unpaired) electrons. The zero-order valence-electron chi connectivity index (χ0n) is 29.1. The second-order valence-corrected chi connectivity index (χ2v) is 12.7. The van der Waals surface area contributed by atoms with Gasteiger partial charge in [-0.3, -0.25) is 14.7 Å². The van der Waals surface area contributed by atoms with Gasteiger partial charge in [0.15, 0.2) is 0 Å². The lowest BCUT2D eigenvalue weighted by Crippen LogP contribution is -2.47. The molecule has 8 nitrogen and oxygen atoms in total. The molecule has 3 heterocycles. The summed E-state index contributed by atoms with van der Waals surface area (Å²) in [6.45, 7) is 9.41. The van der Waals surface area contributed by atoms with Crippen LogP contribution in [0.5, 0.6) is 17.4 Å². The van der Waals surface area contributed by atoms with Crippen LogP contribution in [0.1, 0.15) is 38.9 Å². The molecule has 0 spiro atoms. The molecule has 3 aromatic carbocycles. The number of halogens is 1. The first-order valence-electron chi connectivity index (χ1n) is 17.2. The molecule has 5 aromatic rings. The molecule has 1 saturated heterocycles. The highest BCUT2D eigenvalue weighted by atomic mass is 19.1. The van der Waals surface area contributed by atoms with Crippen LogP contribution in [0.4, 0.5) is 4.39 Å². The van der Waals surface area contributed by atoms with E-state index in [2.05, 4.69) is 39.1 Å². The largest absolute Gasteiger partial charge is 0.487 e. The van der Waals surface area contributed by atoms with Gasteiger partial charge < -0.3 is 19.1 Å². The van der Waals surface area contributed by atoms with Crippen molar-refractivity contribution in [2.24, 2.45) is 0 Å². The van der Waals surface area contributed by atoms with Crippen molar-refractivity contribution in [2.45, 2.75) is 40.0 Å². The Morgan fingerprint density at radius 1 is 0.804 bits per heavy atom. The number of pyridine rings is 2. The second-order valence-electron chi connectivity index (χ2n) is 12.7. The molecule has 0 unspecified atom stereocenters. The molecule has 0 aliphatic carbocycles. The molecule has 9 heteroatoms. The van der Waals surface area contributed by atoms with Crippen molar-refractivity contribution in [2.75, 3.05) is 32.8 Å². The number of aryl methyl sites for hydroxylation is 2. The van der Waals surface area contributed by atoms with E-state index in [1.165, 1.54) is 23.3 Å². The number of hydrogen-bond donors (Lipinski definition) is 0. The van der Waals surface area contributed by atoms with Crippen LogP contribution in [0.2, 0.25) is 0 Å². The molecule has 1 fully saturated rings. The van der Waals surface area contributed by atoms with Crippen molar-refractivity contribution in [3.05, 3.63) is 154 Å². The lowest BCUT2D eigenvalue weighted by Gasteiger charge is -2.34. The van der Waals surface area contributed by atoms with Gasteiger partial charge in [-0.2, -0.15) is 0 Å². The summed E-state index contributed by atoms with van der Waals surface area (Å²) < 4.78 is 30.8. The second kappa shape index (κ2) is 17.5. The highest BCUT2D eigenvalue weighted by Crippen LogP contribution is 2.30. The summed E-state index contributed by atoms with van der Waals surface area (Å²) in [7, 11) is 0. The van der Waals surface area contributed by atoms with E-state index < -0.39 is 0 Å². The number of carbonyl (C=O) groups is 1. The van der Waals surface area contributed by atoms with Crippen molar-refractivity contribution in [1.29, 1.82) is 0 Å². The van der Waals surface area contributed by atoms with Gasteiger partial charge in [-0.05, 0) is 108 Å². The summed E-state index contributed by atoms with van der Waals surface area (Å²) >= 11 is 0. The van der Waals surface area contributed by atoms with Gasteiger partial charge in [-0.15, -0.1) is 0 Å². The number of nitrogens with zero attached hydrogens (tertiary/aromatic N) is 4. The smallest absolute Gasteiger partial charge is 0.246 e. The minimum atomic E-state index is -0.236. The Morgan fingerprint density at radius 2 is 1.47 bits per heavy atom. The number of benzene rings is 3. The molecular formula is C42H43FN4O4. The molecule has 0 atom stereocenters.